The summed E-state index contributed by atoms with van der Waals surface area (Å²) >= 11 is 13.9. The highest BCUT2D eigenvalue weighted by Gasteiger charge is 2.20. The van der Waals surface area contributed by atoms with Crippen molar-refractivity contribution in [3.8, 4) is 5.75 Å². The van der Waals surface area contributed by atoms with Gasteiger partial charge < -0.3 is 10.1 Å². The van der Waals surface area contributed by atoms with Crippen molar-refractivity contribution in [1.29, 1.82) is 0 Å². The van der Waals surface area contributed by atoms with Crippen LogP contribution in [0.2, 0.25) is 10.0 Å². The maximum absolute atomic E-state index is 12.6. The smallest absolute Gasteiger partial charge is 0.255 e. The van der Waals surface area contributed by atoms with Gasteiger partial charge in [0.2, 0.25) is 0 Å². The van der Waals surface area contributed by atoms with E-state index in [1.165, 1.54) is 38.1 Å². The summed E-state index contributed by atoms with van der Waals surface area (Å²) in [4.78, 5) is 17.5. The van der Waals surface area contributed by atoms with Gasteiger partial charge in [0.25, 0.3) is 5.91 Å². The second-order valence-electron chi connectivity index (χ2n) is 5.82. The van der Waals surface area contributed by atoms with Crippen LogP contribution in [0.25, 0.3) is 0 Å². The Hall–Kier alpha value is -1.43. The minimum absolute atomic E-state index is 0.272. The van der Waals surface area contributed by atoms with Gasteiger partial charge in [-0.15, -0.1) is 11.8 Å². The normalized spacial score (nSPS) is 14.5. The lowest BCUT2D eigenvalue weighted by Gasteiger charge is -2.14. The maximum Gasteiger partial charge on any atom is 0.255 e. The highest BCUT2D eigenvalue weighted by atomic mass is 35.5. The molecular weight excluding hydrogens is 379 g/mol. The minimum atomic E-state index is -0.272. The number of rotatable bonds is 5. The van der Waals surface area contributed by atoms with E-state index >= 15 is 0 Å². The molecule has 0 unspecified atom stereocenters. The summed E-state index contributed by atoms with van der Waals surface area (Å²) in [5, 5.41) is 3.94. The summed E-state index contributed by atoms with van der Waals surface area (Å²) in [5.74, 6) is 0.513. The van der Waals surface area contributed by atoms with Crippen LogP contribution in [-0.4, -0.2) is 23.3 Å². The number of anilines is 1. The number of hydrogen-bond acceptors (Lipinski definition) is 4. The standard InChI is InChI=1S/C18H18Cl2N2O2S/c1-24-15-7-6-11(8-16(15)25-12-4-2-3-5-12)18(23)22-17-13(19)9-21-10-14(17)20/h6-10,12H,2-5H2,1H3,(H,21,22,23). The third-order valence-electron chi connectivity index (χ3n) is 4.11. The van der Waals surface area contributed by atoms with Crippen molar-refractivity contribution in [1.82, 2.24) is 4.98 Å². The van der Waals surface area contributed by atoms with Gasteiger partial charge in [-0.1, -0.05) is 36.0 Å². The van der Waals surface area contributed by atoms with Crippen molar-refractivity contribution in [2.24, 2.45) is 0 Å². The average Bonchev–Trinajstić information content (AvgIpc) is 3.11. The number of hydrogen-bond donors (Lipinski definition) is 1. The first kappa shape index (κ1) is 18.4. The molecule has 1 saturated carbocycles. The summed E-state index contributed by atoms with van der Waals surface area (Å²) in [6, 6.07) is 5.41. The van der Waals surface area contributed by atoms with Crippen LogP contribution < -0.4 is 10.1 Å². The fourth-order valence-corrected chi connectivity index (χ4v) is 4.66. The van der Waals surface area contributed by atoms with Crippen molar-refractivity contribution in [2.45, 2.75) is 35.8 Å². The number of carbonyl (C=O) groups excluding carboxylic acids is 1. The average molecular weight is 397 g/mol. The van der Waals surface area contributed by atoms with Crippen LogP contribution in [0.5, 0.6) is 5.75 Å². The number of ether oxygens (including phenoxy) is 1. The molecule has 0 saturated heterocycles. The van der Waals surface area contributed by atoms with Gasteiger partial charge in [-0.05, 0) is 31.0 Å². The Labute approximate surface area is 161 Å². The van der Waals surface area contributed by atoms with Gasteiger partial charge in [0.15, 0.2) is 0 Å². The quantitative estimate of drug-likeness (QED) is 0.705. The number of methoxy groups -OCH3 is 1. The van der Waals surface area contributed by atoms with Gasteiger partial charge in [-0.2, -0.15) is 0 Å². The molecule has 25 heavy (non-hydrogen) atoms. The van der Waals surface area contributed by atoms with Crippen LogP contribution in [0.4, 0.5) is 5.69 Å². The lowest BCUT2D eigenvalue weighted by molar-refractivity contribution is 0.102. The van der Waals surface area contributed by atoms with Crippen LogP contribution in [0.1, 0.15) is 36.0 Å². The topological polar surface area (TPSA) is 51.2 Å². The van der Waals surface area contributed by atoms with Crippen LogP contribution in [-0.2, 0) is 0 Å². The van der Waals surface area contributed by atoms with E-state index in [-0.39, 0.29) is 5.91 Å². The fourth-order valence-electron chi connectivity index (χ4n) is 2.81. The Morgan fingerprint density at radius 2 is 1.92 bits per heavy atom. The van der Waals surface area contributed by atoms with Gasteiger partial charge in [-0.25, -0.2) is 0 Å². The van der Waals surface area contributed by atoms with E-state index in [1.807, 2.05) is 12.1 Å². The molecule has 1 heterocycles. The zero-order valence-corrected chi connectivity index (χ0v) is 16.0. The third-order valence-corrected chi connectivity index (χ3v) is 6.06. The molecule has 4 nitrogen and oxygen atoms in total. The summed E-state index contributed by atoms with van der Waals surface area (Å²) in [7, 11) is 1.64. The minimum Gasteiger partial charge on any atom is -0.496 e. The molecule has 2 aromatic rings. The number of pyridine rings is 1. The first-order chi connectivity index (χ1) is 12.1. The summed E-state index contributed by atoms with van der Waals surface area (Å²) in [6.45, 7) is 0. The first-order valence-corrected chi connectivity index (χ1v) is 9.67. The molecule has 132 valence electrons. The Morgan fingerprint density at radius 1 is 1.24 bits per heavy atom. The number of aromatic nitrogens is 1. The largest absolute Gasteiger partial charge is 0.496 e. The van der Waals surface area contributed by atoms with Crippen molar-refractivity contribution < 1.29 is 9.53 Å². The first-order valence-electron chi connectivity index (χ1n) is 8.03. The van der Waals surface area contributed by atoms with Gasteiger partial charge in [0.05, 0.1) is 27.7 Å². The van der Waals surface area contributed by atoms with Crippen LogP contribution in [0.3, 0.4) is 0 Å². The Bertz CT molecular complexity index is 759. The predicted octanol–water partition coefficient (Wildman–Crippen LogP) is 5.68. The predicted molar refractivity (Wildman–Crippen MR) is 103 cm³/mol. The second kappa shape index (κ2) is 8.30. The van der Waals surface area contributed by atoms with Crippen molar-refractivity contribution in [3.63, 3.8) is 0 Å². The Kier molecular flexibility index (Phi) is 6.10. The van der Waals surface area contributed by atoms with Crippen molar-refractivity contribution >= 4 is 46.6 Å². The zero-order valence-electron chi connectivity index (χ0n) is 13.7. The molecule has 7 heteroatoms. The molecule has 3 rings (SSSR count). The molecule has 1 aromatic carbocycles. The van der Waals surface area contributed by atoms with E-state index in [0.717, 1.165) is 10.6 Å². The van der Waals surface area contributed by atoms with E-state index in [4.69, 9.17) is 27.9 Å². The lowest BCUT2D eigenvalue weighted by Crippen LogP contribution is -2.13. The SMILES string of the molecule is COc1ccc(C(=O)Nc2c(Cl)cncc2Cl)cc1SC1CCCC1. The van der Waals surface area contributed by atoms with Gasteiger partial charge in [0, 0.05) is 23.2 Å². The molecule has 1 aliphatic carbocycles. The molecule has 1 N–H and O–H groups in total. The summed E-state index contributed by atoms with van der Waals surface area (Å²) < 4.78 is 5.44. The number of carbonyl (C=O) groups is 1. The molecule has 0 radical (unpaired) electrons. The van der Waals surface area contributed by atoms with E-state index in [1.54, 1.807) is 24.9 Å². The molecule has 0 atom stereocenters. The molecule has 0 bridgehead atoms. The van der Waals surface area contributed by atoms with Gasteiger partial charge >= 0.3 is 0 Å². The molecule has 0 aliphatic heterocycles. The number of halogens is 2. The third kappa shape index (κ3) is 4.40. The van der Waals surface area contributed by atoms with Gasteiger partial charge in [-0.3, -0.25) is 9.78 Å². The van der Waals surface area contributed by atoms with E-state index < -0.39 is 0 Å². The molecule has 1 fully saturated rings. The van der Waals surface area contributed by atoms with Crippen LogP contribution in [0, 0.1) is 0 Å². The fraction of sp³-hybridized carbons (Fsp3) is 0.333. The number of thioether (sulfide) groups is 1. The summed E-state index contributed by atoms with van der Waals surface area (Å²) in [5.41, 5.74) is 0.898. The second-order valence-corrected chi connectivity index (χ2v) is 7.98. The highest BCUT2D eigenvalue weighted by Crippen LogP contribution is 2.39. The molecular formula is C18H18Cl2N2O2S. The van der Waals surface area contributed by atoms with Crippen LogP contribution >= 0.6 is 35.0 Å². The van der Waals surface area contributed by atoms with Gasteiger partial charge in [0.1, 0.15) is 5.75 Å². The Balaban J connectivity index is 1.82. The van der Waals surface area contributed by atoms with Crippen molar-refractivity contribution in [2.75, 3.05) is 12.4 Å². The zero-order chi connectivity index (χ0) is 17.8. The van der Waals surface area contributed by atoms with Crippen molar-refractivity contribution in [3.05, 3.63) is 46.2 Å². The number of nitrogens with one attached hydrogen (secondary N) is 1. The van der Waals surface area contributed by atoms with E-state index in [9.17, 15) is 4.79 Å². The molecule has 1 aromatic heterocycles. The van der Waals surface area contributed by atoms with E-state index in [0.29, 0.717) is 26.5 Å². The molecule has 1 aliphatic rings. The molecule has 1 amide bonds. The maximum atomic E-state index is 12.6. The number of benzene rings is 1. The summed E-state index contributed by atoms with van der Waals surface area (Å²) in [6.07, 6.45) is 7.81. The molecule has 0 spiro atoms. The monoisotopic (exact) mass is 396 g/mol. The Morgan fingerprint density at radius 3 is 2.56 bits per heavy atom. The number of nitrogens with zero attached hydrogens (tertiary/aromatic N) is 1. The lowest BCUT2D eigenvalue weighted by atomic mass is 10.2. The highest BCUT2D eigenvalue weighted by molar-refractivity contribution is 8.00. The van der Waals surface area contributed by atoms with E-state index in [2.05, 4.69) is 10.3 Å². The number of amides is 1. The van der Waals surface area contributed by atoms with Crippen LogP contribution in [0.15, 0.2) is 35.5 Å².